The van der Waals surface area contributed by atoms with E-state index in [0.717, 1.165) is 110 Å². The average molecular weight is 1760 g/mol. The second kappa shape index (κ2) is 48.1. The van der Waals surface area contributed by atoms with E-state index in [0.29, 0.717) is 90.0 Å². The standard InChI is InChI=1S/C23H32O2.C22H26O6.C19H24O2.C17H20O2.C15H16O4.C15H16O2/c1-8-17(20-11-18(13(2)3)22(24)9-15(20)6)21-12-19(14(4)5)23(25)10-16(21)7;23-19-11-5-3-9-17(19)15-21(25)27-13-7-1-2-8-14-28-22(26)16-18-10-4-6-12-20(18)24;1-11-9-17(20)13(3)7-15(11)19(5,6)16-8-14(4)18(21)10-12(16)2;1-11-9-13(5-7-15(11)18)17(3,4)14-6-8-16(19)12(2)10-14;16-12-6-1-3-8-14(12)18-10-5-11-19-15-9-4-2-7-13(15)17;1-15(2,11-3-7-13(16)8-4-11)12-5-9-14(17)10-6-12/h9-14,17,24-25H,8H2,1-7H3;3-6,9-12,23-24H,1-2,7-8,13-16H2;7-10,20-21H,1-6H3;5-10,18-19H,1-4H3;1-4,6-9,16-17H,5,10-11H2;3-10,16-17H,1-2H3. The zero-order valence-electron chi connectivity index (χ0n) is 78.5. The van der Waals surface area contributed by atoms with Gasteiger partial charge in [-0.2, -0.15) is 0 Å². The maximum Gasteiger partial charge on any atom is 0.310 e. The van der Waals surface area contributed by atoms with Gasteiger partial charge in [-0.25, -0.2) is 0 Å². The largest absolute Gasteiger partial charge is 0.508 e. The Morgan fingerprint density at radius 1 is 0.287 bits per heavy atom. The van der Waals surface area contributed by atoms with Crippen LogP contribution in [0.25, 0.3) is 0 Å². The summed E-state index contributed by atoms with van der Waals surface area (Å²) in [6.07, 6.45) is 4.94. The Bertz CT molecular complexity index is 5310. The molecular weight excluding hydrogens is 1620 g/mol. The van der Waals surface area contributed by atoms with Crippen LogP contribution in [0.15, 0.2) is 231 Å². The van der Waals surface area contributed by atoms with Crippen LogP contribution in [-0.4, -0.2) is 99.6 Å². The molecule has 18 heteroatoms. The van der Waals surface area contributed by atoms with Gasteiger partial charge in [0.1, 0.15) is 57.5 Å². The van der Waals surface area contributed by atoms with Crippen LogP contribution in [0.4, 0.5) is 0 Å². The number of aromatic hydroxyl groups is 12. The van der Waals surface area contributed by atoms with Gasteiger partial charge in [-0.3, -0.25) is 9.59 Å². The minimum atomic E-state index is -0.361. The van der Waals surface area contributed by atoms with Crippen molar-refractivity contribution in [3.8, 4) is 80.5 Å². The fourth-order valence-electron chi connectivity index (χ4n) is 15.3. The van der Waals surface area contributed by atoms with E-state index in [1.165, 1.54) is 34.4 Å². The molecule has 0 bridgehead atoms. The van der Waals surface area contributed by atoms with Gasteiger partial charge in [0.05, 0.1) is 39.3 Å². The third-order valence-corrected chi connectivity index (χ3v) is 23.4. The van der Waals surface area contributed by atoms with Crippen molar-refractivity contribution in [1.82, 2.24) is 0 Å². The Morgan fingerprint density at radius 2 is 0.605 bits per heavy atom. The van der Waals surface area contributed by atoms with E-state index in [-0.39, 0.29) is 93.3 Å². The lowest BCUT2D eigenvalue weighted by Crippen LogP contribution is -2.22. The molecule has 12 aromatic carbocycles. The number of para-hydroxylation sites is 6. The van der Waals surface area contributed by atoms with Crippen LogP contribution in [0.5, 0.6) is 80.5 Å². The summed E-state index contributed by atoms with van der Waals surface area (Å²) in [5.74, 6) is 4.11. The number of aryl methyl sites for hydroxylation is 8. The molecule has 12 rings (SSSR count). The maximum atomic E-state index is 11.7. The van der Waals surface area contributed by atoms with E-state index in [2.05, 4.69) is 114 Å². The van der Waals surface area contributed by atoms with Crippen molar-refractivity contribution < 1.29 is 89.8 Å². The van der Waals surface area contributed by atoms with E-state index >= 15 is 0 Å². The molecule has 0 spiro atoms. The number of carbonyl (C=O) groups excluding carboxylic acids is 2. The highest BCUT2D eigenvalue weighted by molar-refractivity contribution is 5.74. The molecule has 0 saturated carbocycles. The van der Waals surface area contributed by atoms with Crippen molar-refractivity contribution in [2.75, 3.05) is 26.4 Å². The Morgan fingerprint density at radius 3 is 0.938 bits per heavy atom. The number of carbonyl (C=O) groups is 2. The number of phenolic OH excluding ortho intramolecular Hbond substituents is 12. The zero-order chi connectivity index (χ0) is 95.2. The second-order valence-electron chi connectivity index (χ2n) is 35.1. The van der Waals surface area contributed by atoms with Gasteiger partial charge in [0.15, 0.2) is 23.0 Å². The molecule has 0 amide bonds. The summed E-state index contributed by atoms with van der Waals surface area (Å²) in [6.45, 7) is 40.9. The number of unbranched alkanes of at least 4 members (excludes halogenated alkanes) is 3. The first-order valence-corrected chi connectivity index (χ1v) is 44.1. The van der Waals surface area contributed by atoms with Gasteiger partial charge in [-0.05, 0) is 297 Å². The maximum absolute atomic E-state index is 11.7. The van der Waals surface area contributed by atoms with Gasteiger partial charge in [0, 0.05) is 39.7 Å². The highest BCUT2D eigenvalue weighted by Crippen LogP contribution is 2.44. The first kappa shape index (κ1) is 103. The van der Waals surface area contributed by atoms with Crippen molar-refractivity contribution in [1.29, 1.82) is 0 Å². The predicted molar refractivity (Wildman–Crippen MR) is 515 cm³/mol. The normalized spacial score (nSPS) is 11.1. The highest BCUT2D eigenvalue weighted by atomic mass is 16.5. The number of hydrogen-bond acceptors (Lipinski definition) is 18. The second-order valence-corrected chi connectivity index (χ2v) is 35.1. The molecule has 0 unspecified atom stereocenters. The fraction of sp³-hybridized carbons (Fsp3) is 0.333. The lowest BCUT2D eigenvalue weighted by Gasteiger charge is -2.30. The van der Waals surface area contributed by atoms with Crippen molar-refractivity contribution in [2.45, 2.75) is 217 Å². The molecule has 0 aliphatic carbocycles. The predicted octanol–water partition coefficient (Wildman–Crippen LogP) is 25.1. The third-order valence-electron chi connectivity index (χ3n) is 23.4. The molecule has 12 N–H and O–H groups in total. The van der Waals surface area contributed by atoms with Crippen LogP contribution >= 0.6 is 0 Å². The van der Waals surface area contributed by atoms with E-state index in [1.54, 1.807) is 121 Å². The molecule has 0 radical (unpaired) electrons. The Kier molecular flexibility index (Phi) is 38.3. The number of rotatable bonds is 28. The first-order valence-electron chi connectivity index (χ1n) is 44.1. The number of benzene rings is 12. The van der Waals surface area contributed by atoms with Gasteiger partial charge in [-0.1, -0.05) is 210 Å². The summed E-state index contributed by atoms with van der Waals surface area (Å²) in [7, 11) is 0. The van der Waals surface area contributed by atoms with Crippen LogP contribution in [0, 0.1) is 55.4 Å². The van der Waals surface area contributed by atoms with E-state index in [9.17, 15) is 70.9 Å². The quantitative estimate of drug-likeness (QED) is 0.0160. The van der Waals surface area contributed by atoms with Crippen LogP contribution < -0.4 is 9.47 Å². The molecule has 0 saturated heterocycles. The molecule has 129 heavy (non-hydrogen) atoms. The summed E-state index contributed by atoms with van der Waals surface area (Å²) < 4.78 is 21.2. The SMILES string of the molecule is CC(C)(c1ccc(O)cc1)c1ccc(O)cc1.CCC(c1cc(C(C)C)c(O)cc1C)c1cc(C(C)C)c(O)cc1C.Cc1cc(C(C)(C)c2cc(C)c(O)cc2C)c(C)cc1O.Cc1cc(C(C)(C)c2ccc(O)c(C)c2)ccc1O.O=C(Cc1ccccc1O)OCCCCCCOC(=O)Cc1ccccc1O.Oc1ccccc1OCCCOc1ccccc1O. The summed E-state index contributed by atoms with van der Waals surface area (Å²) >= 11 is 0. The topological polar surface area (TPSA) is 314 Å². The molecule has 0 atom stereocenters. The third kappa shape index (κ3) is 29.7. The summed E-state index contributed by atoms with van der Waals surface area (Å²) in [4.78, 5) is 23.5. The van der Waals surface area contributed by atoms with Crippen LogP contribution in [0.3, 0.4) is 0 Å². The number of ether oxygens (including phenoxy) is 4. The molecule has 0 aromatic heterocycles. The van der Waals surface area contributed by atoms with Crippen molar-refractivity contribution >= 4 is 11.9 Å². The number of hydrogen-bond donors (Lipinski definition) is 12. The molecule has 0 aliphatic heterocycles. The summed E-state index contributed by atoms with van der Waals surface area (Å²) in [6, 6.07) is 68.8. The zero-order valence-corrected chi connectivity index (χ0v) is 78.5. The summed E-state index contributed by atoms with van der Waals surface area (Å²) in [5.41, 5.74) is 20.0. The minimum Gasteiger partial charge on any atom is -0.508 e. The molecule has 686 valence electrons. The van der Waals surface area contributed by atoms with Gasteiger partial charge in [-0.15, -0.1) is 0 Å². The van der Waals surface area contributed by atoms with Crippen LogP contribution in [0.2, 0.25) is 0 Å². The van der Waals surface area contributed by atoms with E-state index in [4.69, 9.17) is 18.9 Å². The number of phenols is 12. The lowest BCUT2D eigenvalue weighted by atomic mass is 9.73. The van der Waals surface area contributed by atoms with Gasteiger partial charge >= 0.3 is 11.9 Å². The molecule has 0 fully saturated rings. The minimum absolute atomic E-state index is 0.0552. The van der Waals surface area contributed by atoms with Crippen LogP contribution in [-0.2, 0) is 48.1 Å². The van der Waals surface area contributed by atoms with Crippen molar-refractivity contribution in [2.24, 2.45) is 0 Å². The van der Waals surface area contributed by atoms with Gasteiger partial charge < -0.3 is 80.2 Å². The smallest absolute Gasteiger partial charge is 0.310 e. The van der Waals surface area contributed by atoms with Gasteiger partial charge in [0.2, 0.25) is 0 Å². The average Bonchev–Trinajstić information content (AvgIpc) is 0.757. The van der Waals surface area contributed by atoms with Crippen molar-refractivity contribution in [3.05, 3.63) is 342 Å². The lowest BCUT2D eigenvalue weighted by molar-refractivity contribution is -0.144. The molecule has 0 aliphatic rings. The van der Waals surface area contributed by atoms with Crippen LogP contribution in [0.1, 0.15) is 244 Å². The fourth-order valence-corrected chi connectivity index (χ4v) is 15.3. The van der Waals surface area contributed by atoms with Crippen molar-refractivity contribution in [3.63, 3.8) is 0 Å². The van der Waals surface area contributed by atoms with E-state index < -0.39 is 0 Å². The summed E-state index contributed by atoms with van der Waals surface area (Å²) in [5, 5.41) is 116. The van der Waals surface area contributed by atoms with E-state index in [1.807, 2.05) is 114 Å². The Labute approximate surface area is 763 Å². The monoisotopic (exact) mass is 1750 g/mol. The first-order chi connectivity index (χ1) is 61.0. The highest BCUT2D eigenvalue weighted by Gasteiger charge is 2.30. The molecule has 12 aromatic rings. The Balaban J connectivity index is 0.000000213. The molecular formula is C111H134O18. The molecule has 0 heterocycles. The van der Waals surface area contributed by atoms with Gasteiger partial charge in [0.25, 0.3) is 0 Å². The number of esters is 2. The Hall–Kier alpha value is -13.2. The molecule has 18 nitrogen and oxygen atoms in total.